The molecular formula is C21H23ClN4O3. The van der Waals surface area contributed by atoms with Crippen LogP contribution >= 0.6 is 11.6 Å². The van der Waals surface area contributed by atoms with Crippen LogP contribution < -0.4 is 20.3 Å². The molecule has 2 N–H and O–H groups in total. The van der Waals surface area contributed by atoms with Crippen LogP contribution in [0.15, 0.2) is 47.0 Å². The van der Waals surface area contributed by atoms with Gasteiger partial charge < -0.3 is 14.0 Å². The van der Waals surface area contributed by atoms with Crippen molar-refractivity contribution in [2.45, 2.75) is 25.8 Å². The molecular weight excluding hydrogens is 392 g/mol. The number of para-hydroxylation sites is 1. The minimum atomic E-state index is -0.0568. The van der Waals surface area contributed by atoms with E-state index in [1.54, 1.807) is 0 Å². The summed E-state index contributed by atoms with van der Waals surface area (Å²) in [5, 5.41) is 4.77. The molecule has 1 aliphatic heterocycles. The van der Waals surface area contributed by atoms with E-state index in [9.17, 15) is 0 Å². The molecule has 7 nitrogen and oxygen atoms in total. The van der Waals surface area contributed by atoms with Crippen LogP contribution in [0.1, 0.15) is 37.3 Å². The van der Waals surface area contributed by atoms with Crippen molar-refractivity contribution in [3.63, 3.8) is 0 Å². The molecule has 0 bridgehead atoms. The zero-order valence-corrected chi connectivity index (χ0v) is 17.1. The highest BCUT2D eigenvalue weighted by molar-refractivity contribution is 6.32. The molecule has 0 amide bonds. The van der Waals surface area contributed by atoms with Crippen LogP contribution in [0.3, 0.4) is 0 Å². The fourth-order valence-corrected chi connectivity index (χ4v) is 3.70. The molecule has 1 aliphatic rings. The van der Waals surface area contributed by atoms with E-state index < -0.39 is 0 Å². The molecule has 2 aromatic carbocycles. The molecule has 0 radical (unpaired) electrons. The number of aromatic nitrogens is 2. The first kappa shape index (κ1) is 19.7. The van der Waals surface area contributed by atoms with Crippen molar-refractivity contribution in [1.29, 1.82) is 0 Å². The zero-order chi connectivity index (χ0) is 20.2. The maximum absolute atomic E-state index is 6.37. The van der Waals surface area contributed by atoms with Crippen LogP contribution in [0.25, 0.3) is 11.4 Å². The molecule has 29 heavy (non-hydrogen) atoms. The van der Waals surface area contributed by atoms with Gasteiger partial charge in [-0.15, -0.1) is 0 Å². The molecule has 1 aromatic heterocycles. The Morgan fingerprint density at radius 3 is 2.69 bits per heavy atom. The molecule has 3 aromatic rings. The van der Waals surface area contributed by atoms with Gasteiger partial charge in [-0.3, -0.25) is 5.43 Å². The summed E-state index contributed by atoms with van der Waals surface area (Å²) in [4.78, 5) is 4.66. The van der Waals surface area contributed by atoms with Crippen molar-refractivity contribution in [3.05, 3.63) is 58.9 Å². The van der Waals surface area contributed by atoms with E-state index in [0.29, 0.717) is 42.2 Å². The number of hydrogen-bond donors (Lipinski definition) is 2. The lowest BCUT2D eigenvalue weighted by Crippen LogP contribution is -2.24. The smallest absolute Gasteiger partial charge is 0.233 e. The van der Waals surface area contributed by atoms with Crippen LogP contribution in [0.5, 0.6) is 11.5 Å². The quantitative estimate of drug-likeness (QED) is 0.601. The van der Waals surface area contributed by atoms with E-state index in [-0.39, 0.29) is 12.0 Å². The summed E-state index contributed by atoms with van der Waals surface area (Å²) in [6, 6.07) is 13.4. The SMILES string of the molecule is CCOc1ccc(C2NNCC2c2nc(-c3ccccc3OCC)no2)cc1Cl. The molecule has 2 atom stereocenters. The second kappa shape index (κ2) is 8.82. The van der Waals surface area contributed by atoms with E-state index in [1.165, 1.54) is 0 Å². The predicted octanol–water partition coefficient (Wildman–Crippen LogP) is 4.12. The van der Waals surface area contributed by atoms with Gasteiger partial charge in [-0.1, -0.05) is 35.0 Å². The Balaban J connectivity index is 1.60. The number of hydrogen-bond acceptors (Lipinski definition) is 7. The maximum atomic E-state index is 6.37. The maximum Gasteiger partial charge on any atom is 0.233 e. The Morgan fingerprint density at radius 1 is 1.10 bits per heavy atom. The van der Waals surface area contributed by atoms with Crippen molar-refractivity contribution in [2.24, 2.45) is 0 Å². The van der Waals surface area contributed by atoms with Gasteiger partial charge in [0.05, 0.1) is 35.8 Å². The normalized spacial score (nSPS) is 18.7. The third-order valence-corrected chi connectivity index (χ3v) is 5.08. The molecule has 2 unspecified atom stereocenters. The van der Waals surface area contributed by atoms with Crippen LogP contribution in [0.4, 0.5) is 0 Å². The molecule has 4 rings (SSSR count). The van der Waals surface area contributed by atoms with Gasteiger partial charge in [0.1, 0.15) is 11.5 Å². The fraction of sp³-hybridized carbons (Fsp3) is 0.333. The first-order valence-corrected chi connectivity index (χ1v) is 10.1. The minimum absolute atomic E-state index is 0.0375. The Labute approximate surface area is 174 Å². The van der Waals surface area contributed by atoms with E-state index in [4.69, 9.17) is 25.6 Å². The third-order valence-electron chi connectivity index (χ3n) is 4.78. The number of halogens is 1. The average molecular weight is 415 g/mol. The van der Waals surface area contributed by atoms with Crippen LogP contribution in [-0.4, -0.2) is 29.9 Å². The summed E-state index contributed by atoms with van der Waals surface area (Å²) in [5.41, 5.74) is 8.29. The average Bonchev–Trinajstić information content (AvgIpc) is 3.39. The summed E-state index contributed by atoms with van der Waals surface area (Å²) in [6.07, 6.45) is 0. The summed E-state index contributed by atoms with van der Waals surface area (Å²) < 4.78 is 16.8. The third kappa shape index (κ3) is 4.07. The number of rotatable bonds is 7. The van der Waals surface area contributed by atoms with Crippen molar-refractivity contribution in [2.75, 3.05) is 19.8 Å². The summed E-state index contributed by atoms with van der Waals surface area (Å²) >= 11 is 6.37. The summed E-state index contributed by atoms with van der Waals surface area (Å²) in [7, 11) is 0. The van der Waals surface area contributed by atoms with Gasteiger partial charge >= 0.3 is 0 Å². The molecule has 1 saturated heterocycles. The minimum Gasteiger partial charge on any atom is -0.493 e. The topological polar surface area (TPSA) is 81.4 Å². The number of hydrazine groups is 1. The zero-order valence-electron chi connectivity index (χ0n) is 16.3. The van der Waals surface area contributed by atoms with E-state index in [2.05, 4.69) is 21.0 Å². The van der Waals surface area contributed by atoms with Gasteiger partial charge in [0, 0.05) is 6.54 Å². The molecule has 152 valence electrons. The molecule has 0 spiro atoms. The van der Waals surface area contributed by atoms with E-state index >= 15 is 0 Å². The Kier molecular flexibility index (Phi) is 5.99. The number of ether oxygens (including phenoxy) is 2. The summed E-state index contributed by atoms with van der Waals surface area (Å²) in [6.45, 7) is 5.67. The van der Waals surface area contributed by atoms with E-state index in [1.807, 2.05) is 56.3 Å². The van der Waals surface area contributed by atoms with Gasteiger partial charge in [0.25, 0.3) is 0 Å². The lowest BCUT2D eigenvalue weighted by Gasteiger charge is -2.17. The van der Waals surface area contributed by atoms with Crippen molar-refractivity contribution in [1.82, 2.24) is 21.0 Å². The highest BCUT2D eigenvalue weighted by Crippen LogP contribution is 2.37. The first-order valence-electron chi connectivity index (χ1n) is 9.67. The lowest BCUT2D eigenvalue weighted by atomic mass is 9.95. The Hall–Kier alpha value is -2.61. The molecule has 2 heterocycles. The highest BCUT2D eigenvalue weighted by atomic mass is 35.5. The number of nitrogens with zero attached hydrogens (tertiary/aromatic N) is 2. The first-order chi connectivity index (χ1) is 14.2. The monoisotopic (exact) mass is 414 g/mol. The Bertz CT molecular complexity index is 978. The van der Waals surface area contributed by atoms with Gasteiger partial charge in [0.15, 0.2) is 0 Å². The molecule has 0 saturated carbocycles. The number of benzene rings is 2. The molecule has 8 heteroatoms. The molecule has 1 fully saturated rings. The van der Waals surface area contributed by atoms with Gasteiger partial charge in [-0.05, 0) is 43.7 Å². The van der Waals surface area contributed by atoms with Gasteiger partial charge in [-0.25, -0.2) is 5.43 Å². The summed E-state index contributed by atoms with van der Waals surface area (Å²) in [5.74, 6) is 2.44. The van der Waals surface area contributed by atoms with Crippen LogP contribution in [-0.2, 0) is 0 Å². The second-order valence-corrected chi connectivity index (χ2v) is 7.02. The van der Waals surface area contributed by atoms with Gasteiger partial charge in [-0.2, -0.15) is 4.98 Å². The number of nitrogens with one attached hydrogen (secondary N) is 2. The lowest BCUT2D eigenvalue weighted by molar-refractivity contribution is 0.338. The predicted molar refractivity (Wildman–Crippen MR) is 110 cm³/mol. The highest BCUT2D eigenvalue weighted by Gasteiger charge is 2.34. The Morgan fingerprint density at radius 2 is 1.90 bits per heavy atom. The van der Waals surface area contributed by atoms with Crippen molar-refractivity contribution < 1.29 is 14.0 Å². The van der Waals surface area contributed by atoms with Crippen molar-refractivity contribution >= 4 is 11.6 Å². The largest absolute Gasteiger partial charge is 0.493 e. The van der Waals surface area contributed by atoms with Gasteiger partial charge in [0.2, 0.25) is 11.7 Å². The second-order valence-electron chi connectivity index (χ2n) is 6.62. The molecule has 0 aliphatic carbocycles. The van der Waals surface area contributed by atoms with Crippen LogP contribution in [0.2, 0.25) is 5.02 Å². The van der Waals surface area contributed by atoms with Crippen LogP contribution in [0, 0.1) is 0 Å². The standard InChI is InChI=1S/C21H23ClN4O3/c1-3-27-17-8-6-5-7-14(17)20-24-21(29-26-20)15-12-23-25-19(15)13-9-10-18(28-4-2)16(22)11-13/h5-11,15,19,23,25H,3-4,12H2,1-2H3. The van der Waals surface area contributed by atoms with Crippen molar-refractivity contribution in [3.8, 4) is 22.9 Å². The van der Waals surface area contributed by atoms with E-state index in [0.717, 1.165) is 16.9 Å². The fourth-order valence-electron chi connectivity index (χ4n) is 3.45.